The molecule has 2 aromatic heterocycles. The Labute approximate surface area is 91.1 Å². The maximum atomic E-state index is 5.68. The highest BCUT2D eigenvalue weighted by Crippen LogP contribution is 2.15. The molecule has 0 aromatic carbocycles. The number of halogens is 1. The summed E-state index contributed by atoms with van der Waals surface area (Å²) in [6.07, 6.45) is 4.41. The summed E-state index contributed by atoms with van der Waals surface area (Å²) in [7, 11) is 0. The Bertz CT molecular complexity index is 522. The summed E-state index contributed by atoms with van der Waals surface area (Å²) in [5, 5.41) is 0.566. The molecule has 0 saturated heterocycles. The van der Waals surface area contributed by atoms with E-state index in [4.69, 9.17) is 21.8 Å². The summed E-state index contributed by atoms with van der Waals surface area (Å²) in [4.78, 5) is 7.97. The molecule has 0 atom stereocenters. The second-order valence-corrected chi connectivity index (χ2v) is 3.24. The first kappa shape index (κ1) is 9.56. The normalized spacial score (nSPS) is 9.40. The van der Waals surface area contributed by atoms with E-state index in [9.17, 15) is 0 Å². The zero-order chi connectivity index (χ0) is 10.7. The highest BCUT2D eigenvalue weighted by Gasteiger charge is 2.04. The van der Waals surface area contributed by atoms with E-state index in [1.807, 2.05) is 0 Å². The number of hydrogen-bond acceptors (Lipinski definition) is 3. The van der Waals surface area contributed by atoms with Gasteiger partial charge in [0.1, 0.15) is 18.1 Å². The first-order valence-corrected chi connectivity index (χ1v) is 4.53. The Morgan fingerprint density at radius 2 is 2.27 bits per heavy atom. The molecule has 0 unspecified atom stereocenters. The van der Waals surface area contributed by atoms with E-state index in [1.165, 1.54) is 18.7 Å². The molecule has 0 radical (unpaired) electrons. The molecular weight excluding hydrogens is 214 g/mol. The van der Waals surface area contributed by atoms with Crippen LogP contribution in [0.2, 0.25) is 5.02 Å². The van der Waals surface area contributed by atoms with Crippen molar-refractivity contribution in [1.29, 1.82) is 0 Å². The fraction of sp³-hybridized carbons (Fsp3) is 0. The smallest absolute Gasteiger partial charge is 0.426 e. The molecule has 15 heavy (non-hydrogen) atoms. The highest BCUT2D eigenvalue weighted by atomic mass is 35.5. The van der Waals surface area contributed by atoms with Gasteiger partial charge in [0.15, 0.2) is 6.20 Å². The lowest BCUT2D eigenvalue weighted by Crippen LogP contribution is -1.82. The van der Waals surface area contributed by atoms with Gasteiger partial charge in [-0.25, -0.2) is 0 Å². The Morgan fingerprint density at radius 1 is 1.40 bits per heavy atom. The van der Waals surface area contributed by atoms with Gasteiger partial charge in [-0.2, -0.15) is 0 Å². The van der Waals surface area contributed by atoms with Crippen LogP contribution in [-0.2, 0) is 0 Å². The number of pyridine rings is 1. The highest BCUT2D eigenvalue weighted by molar-refractivity contribution is 6.30. The van der Waals surface area contributed by atoms with Crippen molar-refractivity contribution in [2.24, 2.45) is 0 Å². The molecule has 2 heterocycles. The quantitative estimate of drug-likeness (QED) is 0.743. The fourth-order valence-corrected chi connectivity index (χ4v) is 1.06. The number of rotatable bonds is 0. The summed E-state index contributed by atoms with van der Waals surface area (Å²) in [5.41, 5.74) is 6.67. The molecule has 0 aliphatic carbocycles. The van der Waals surface area contributed by atoms with Crippen molar-refractivity contribution in [2.75, 3.05) is 5.73 Å². The second kappa shape index (κ2) is 4.03. The molecule has 4 nitrogen and oxygen atoms in total. The average molecular weight is 221 g/mol. The van der Waals surface area contributed by atoms with Gasteiger partial charge in [-0.1, -0.05) is 11.6 Å². The van der Waals surface area contributed by atoms with Gasteiger partial charge >= 0.3 is 5.82 Å². The van der Waals surface area contributed by atoms with Crippen molar-refractivity contribution in [1.82, 2.24) is 4.98 Å². The van der Waals surface area contributed by atoms with Crippen molar-refractivity contribution >= 4 is 23.1 Å². The fourth-order valence-electron chi connectivity index (χ4n) is 0.949. The van der Waals surface area contributed by atoms with Crippen LogP contribution in [-0.4, -0.2) is 4.98 Å². The predicted octanol–water partition coefficient (Wildman–Crippen LogP) is 2.92. The number of furan rings is 1. The lowest BCUT2D eigenvalue weighted by atomic mass is 10.3. The van der Waals surface area contributed by atoms with Crippen molar-refractivity contribution in [3.8, 4) is 6.07 Å². The van der Waals surface area contributed by atoms with E-state index in [2.05, 4.69) is 15.9 Å². The number of nitrogens with zero attached hydrogens (tertiary/aromatic N) is 2. The minimum absolute atomic E-state index is 0.493. The van der Waals surface area contributed by atoms with Crippen molar-refractivity contribution in [3.63, 3.8) is 0 Å². The third-order valence-electron chi connectivity index (χ3n) is 1.69. The lowest BCUT2D eigenvalue weighted by molar-refractivity contribution is 0.567. The summed E-state index contributed by atoms with van der Waals surface area (Å²) in [6.45, 7) is 0. The maximum absolute atomic E-state index is 5.68. The molecule has 0 aliphatic heterocycles. The van der Waals surface area contributed by atoms with Gasteiger partial charge in [0.2, 0.25) is 6.07 Å². The van der Waals surface area contributed by atoms with E-state index in [1.54, 1.807) is 12.1 Å². The largest absolute Gasteiger partial charge is 0.469 e. The zero-order valence-corrected chi connectivity index (χ0v) is 8.40. The molecule has 0 aliphatic rings. The van der Waals surface area contributed by atoms with Gasteiger partial charge in [-0.3, -0.25) is 0 Å². The van der Waals surface area contributed by atoms with Crippen LogP contribution in [0.4, 0.5) is 11.5 Å². The Hall–Kier alpha value is -1.99. The lowest BCUT2D eigenvalue weighted by Gasteiger charge is -1.79. The molecule has 0 spiro atoms. The Morgan fingerprint density at radius 3 is 2.87 bits per heavy atom. The van der Waals surface area contributed by atoms with Gasteiger partial charge in [0.25, 0.3) is 0 Å². The number of aromatic nitrogens is 1. The number of anilines is 1. The Kier molecular flexibility index (Phi) is 2.57. The number of nitrogens with two attached hydrogens (primary N) is 1. The topological polar surface area (TPSA) is 56.4 Å². The molecule has 74 valence electrons. The van der Waals surface area contributed by atoms with Crippen LogP contribution in [0.5, 0.6) is 0 Å². The molecule has 0 amide bonds. The summed E-state index contributed by atoms with van der Waals surface area (Å²) in [5.74, 6) is 0.514. The van der Waals surface area contributed by atoms with E-state index in [0.29, 0.717) is 22.1 Å². The standard InChI is InChI=1S/C10H7ClN3O/c11-8-1-2-10(14-4-8)13-3-7-5-15-6-9(7)12/h1-2,4-6H,12H2/q+1. The summed E-state index contributed by atoms with van der Waals surface area (Å²) < 4.78 is 4.86. The first-order valence-electron chi connectivity index (χ1n) is 4.15. The summed E-state index contributed by atoms with van der Waals surface area (Å²) in [6, 6.07) is 6.12. The van der Waals surface area contributed by atoms with Crippen LogP contribution in [0, 0.1) is 6.07 Å². The van der Waals surface area contributed by atoms with Crippen LogP contribution >= 0.6 is 11.6 Å². The van der Waals surface area contributed by atoms with Crippen LogP contribution in [0.25, 0.3) is 4.85 Å². The van der Waals surface area contributed by atoms with Gasteiger partial charge < -0.3 is 10.2 Å². The monoisotopic (exact) mass is 220 g/mol. The maximum Gasteiger partial charge on any atom is 0.426 e. The molecular formula is C10H7ClN3O+. The summed E-state index contributed by atoms with van der Waals surface area (Å²) >= 11 is 5.68. The van der Waals surface area contributed by atoms with Gasteiger partial charge in [-0.15, -0.1) is 4.85 Å². The minimum Gasteiger partial charge on any atom is -0.469 e. The van der Waals surface area contributed by atoms with Gasteiger partial charge in [0.05, 0.1) is 16.8 Å². The van der Waals surface area contributed by atoms with E-state index < -0.39 is 0 Å². The zero-order valence-electron chi connectivity index (χ0n) is 7.64. The molecule has 0 saturated carbocycles. The third kappa shape index (κ3) is 2.27. The first-order chi connectivity index (χ1) is 7.25. The molecule has 0 fully saturated rings. The molecule has 5 heteroatoms. The van der Waals surface area contributed by atoms with Crippen molar-refractivity contribution in [3.05, 3.63) is 46.3 Å². The van der Waals surface area contributed by atoms with E-state index in [0.717, 1.165) is 0 Å². The Balaban J connectivity index is 2.26. The van der Waals surface area contributed by atoms with Crippen molar-refractivity contribution < 1.29 is 4.42 Å². The average Bonchev–Trinajstić information content (AvgIpc) is 2.63. The molecule has 2 N–H and O–H groups in total. The van der Waals surface area contributed by atoms with E-state index >= 15 is 0 Å². The number of hydrogen-bond donors (Lipinski definition) is 1. The third-order valence-corrected chi connectivity index (χ3v) is 1.92. The molecule has 0 bridgehead atoms. The molecule has 2 rings (SSSR count). The van der Waals surface area contributed by atoms with Crippen LogP contribution < -0.4 is 5.73 Å². The van der Waals surface area contributed by atoms with Crippen molar-refractivity contribution in [2.45, 2.75) is 0 Å². The SMILES string of the molecule is Nc1cocc1C#[N+]c1ccc(Cl)cn1. The predicted molar refractivity (Wildman–Crippen MR) is 58.4 cm³/mol. The van der Waals surface area contributed by atoms with Gasteiger partial charge in [0, 0.05) is 0 Å². The van der Waals surface area contributed by atoms with E-state index in [-0.39, 0.29) is 0 Å². The van der Waals surface area contributed by atoms with Crippen LogP contribution in [0.15, 0.2) is 35.3 Å². The molecule has 2 aromatic rings. The number of nitrogen functional groups attached to an aromatic ring is 1. The van der Waals surface area contributed by atoms with Crippen LogP contribution in [0.3, 0.4) is 0 Å². The van der Waals surface area contributed by atoms with Crippen LogP contribution in [0.1, 0.15) is 5.56 Å². The van der Waals surface area contributed by atoms with Gasteiger partial charge in [-0.05, 0) is 11.1 Å². The minimum atomic E-state index is 0.493. The second-order valence-electron chi connectivity index (χ2n) is 2.80.